The van der Waals surface area contributed by atoms with Crippen molar-refractivity contribution < 1.29 is 14.6 Å². The largest absolute Gasteiger partial charge is 0.392 e. The molecule has 6 nitrogen and oxygen atoms in total. The number of carbonyl (C=O) groups is 1. The molecule has 2 fully saturated rings. The van der Waals surface area contributed by atoms with Crippen LogP contribution >= 0.6 is 0 Å². The third kappa shape index (κ3) is 2.82. The highest BCUT2D eigenvalue weighted by Gasteiger charge is 2.55. The van der Waals surface area contributed by atoms with E-state index in [1.165, 1.54) is 0 Å². The van der Waals surface area contributed by atoms with Gasteiger partial charge in [-0.25, -0.2) is 0 Å². The van der Waals surface area contributed by atoms with Gasteiger partial charge in [0.25, 0.3) is 0 Å². The van der Waals surface area contributed by atoms with Crippen molar-refractivity contribution in [2.24, 2.45) is 5.41 Å². The molecule has 0 bridgehead atoms. The summed E-state index contributed by atoms with van der Waals surface area (Å²) >= 11 is 0. The quantitative estimate of drug-likeness (QED) is 0.853. The fourth-order valence-corrected chi connectivity index (χ4v) is 3.47. The Kier molecular flexibility index (Phi) is 3.99. The second-order valence-corrected chi connectivity index (χ2v) is 6.25. The molecule has 6 heteroatoms. The number of ether oxygens (including phenoxy) is 1. The van der Waals surface area contributed by atoms with E-state index in [1.807, 2.05) is 13.1 Å². The van der Waals surface area contributed by atoms with E-state index in [0.29, 0.717) is 32.6 Å². The average Bonchev–Trinajstić information content (AvgIpc) is 2.91. The Morgan fingerprint density at radius 3 is 2.95 bits per heavy atom. The fraction of sp³-hybridized carbons (Fsp3) is 0.733. The van der Waals surface area contributed by atoms with Crippen LogP contribution in [0.25, 0.3) is 0 Å². The van der Waals surface area contributed by atoms with Crippen LogP contribution in [0.2, 0.25) is 0 Å². The molecule has 116 valence electrons. The van der Waals surface area contributed by atoms with Crippen LogP contribution in [-0.2, 0) is 16.1 Å². The molecule has 0 radical (unpaired) electrons. The molecule has 1 spiro atoms. The van der Waals surface area contributed by atoms with Gasteiger partial charge >= 0.3 is 0 Å². The summed E-state index contributed by atoms with van der Waals surface area (Å²) in [4.78, 5) is 12.1. The summed E-state index contributed by atoms with van der Waals surface area (Å²) in [6.45, 7) is 3.92. The first kappa shape index (κ1) is 14.5. The topological polar surface area (TPSA) is 76.4 Å². The van der Waals surface area contributed by atoms with Gasteiger partial charge in [0.15, 0.2) is 0 Å². The molecule has 2 aliphatic rings. The number of aryl methyl sites for hydroxylation is 2. The minimum absolute atomic E-state index is 0.0333. The van der Waals surface area contributed by atoms with Crippen molar-refractivity contribution in [2.75, 3.05) is 13.2 Å². The van der Waals surface area contributed by atoms with Crippen molar-refractivity contribution in [1.29, 1.82) is 0 Å². The van der Waals surface area contributed by atoms with Crippen LogP contribution < -0.4 is 5.32 Å². The average molecular weight is 293 g/mol. The number of hydrogen-bond donors (Lipinski definition) is 2. The molecule has 1 aliphatic carbocycles. The Hall–Kier alpha value is -1.40. The smallest absolute Gasteiger partial charge is 0.222 e. The van der Waals surface area contributed by atoms with Gasteiger partial charge in [-0.05, 0) is 31.7 Å². The van der Waals surface area contributed by atoms with Gasteiger partial charge in [0, 0.05) is 43.8 Å². The molecule has 1 aromatic heterocycles. The Labute approximate surface area is 124 Å². The fourth-order valence-electron chi connectivity index (χ4n) is 3.47. The maximum atomic E-state index is 12.1. The van der Waals surface area contributed by atoms with Crippen molar-refractivity contribution in [3.8, 4) is 0 Å². The Morgan fingerprint density at radius 1 is 1.57 bits per heavy atom. The van der Waals surface area contributed by atoms with E-state index in [0.717, 1.165) is 18.4 Å². The van der Waals surface area contributed by atoms with Crippen molar-refractivity contribution in [1.82, 2.24) is 15.1 Å². The molecule has 1 aromatic rings. The van der Waals surface area contributed by atoms with Gasteiger partial charge in [0.05, 0.1) is 12.3 Å². The minimum Gasteiger partial charge on any atom is -0.392 e. The minimum atomic E-state index is -0.305. The summed E-state index contributed by atoms with van der Waals surface area (Å²) < 4.78 is 7.16. The molecular formula is C15H23N3O3. The molecule has 1 saturated carbocycles. The van der Waals surface area contributed by atoms with Gasteiger partial charge < -0.3 is 15.2 Å². The Bertz CT molecular complexity index is 508. The lowest BCUT2D eigenvalue weighted by Crippen LogP contribution is -2.65. The first-order chi connectivity index (χ1) is 10.1. The van der Waals surface area contributed by atoms with Crippen molar-refractivity contribution in [3.05, 3.63) is 18.0 Å². The molecule has 1 aliphatic heterocycles. The number of carbonyl (C=O) groups excluding carboxylic acids is 1. The third-order valence-electron chi connectivity index (χ3n) is 4.91. The van der Waals surface area contributed by atoms with E-state index in [2.05, 4.69) is 10.4 Å². The summed E-state index contributed by atoms with van der Waals surface area (Å²) in [5.74, 6) is 0.0333. The molecule has 1 saturated heterocycles. The van der Waals surface area contributed by atoms with Gasteiger partial charge in [-0.2, -0.15) is 5.10 Å². The zero-order valence-electron chi connectivity index (χ0n) is 12.4. The monoisotopic (exact) mass is 293 g/mol. The van der Waals surface area contributed by atoms with Crippen LogP contribution in [0.1, 0.15) is 31.2 Å². The second kappa shape index (κ2) is 5.77. The van der Waals surface area contributed by atoms with Crippen molar-refractivity contribution in [3.63, 3.8) is 0 Å². The maximum Gasteiger partial charge on any atom is 0.222 e. The van der Waals surface area contributed by atoms with Crippen LogP contribution in [0, 0.1) is 12.3 Å². The molecule has 21 heavy (non-hydrogen) atoms. The summed E-state index contributed by atoms with van der Waals surface area (Å²) in [6, 6.07) is 0.0863. The van der Waals surface area contributed by atoms with E-state index in [-0.39, 0.29) is 23.5 Å². The maximum absolute atomic E-state index is 12.1. The summed E-state index contributed by atoms with van der Waals surface area (Å²) in [5, 5.41) is 17.4. The highest BCUT2D eigenvalue weighted by molar-refractivity contribution is 5.76. The highest BCUT2D eigenvalue weighted by Crippen LogP contribution is 2.48. The van der Waals surface area contributed by atoms with Gasteiger partial charge in [0.1, 0.15) is 0 Å². The number of aromatic nitrogens is 2. The molecule has 2 atom stereocenters. The van der Waals surface area contributed by atoms with Gasteiger partial charge in [-0.15, -0.1) is 0 Å². The summed E-state index contributed by atoms with van der Waals surface area (Å²) in [6.07, 6.45) is 6.15. The zero-order chi connectivity index (χ0) is 14.9. The number of aliphatic hydroxyl groups is 1. The number of rotatable bonds is 4. The number of hydrogen-bond acceptors (Lipinski definition) is 4. The van der Waals surface area contributed by atoms with Crippen molar-refractivity contribution in [2.45, 2.75) is 51.3 Å². The predicted octanol–water partition coefficient (Wildman–Crippen LogP) is 0.628. The number of nitrogens with one attached hydrogen (secondary N) is 1. The molecule has 2 heterocycles. The lowest BCUT2D eigenvalue weighted by Gasteiger charge is -2.55. The number of amides is 1. The van der Waals surface area contributed by atoms with Gasteiger partial charge in [-0.1, -0.05) is 0 Å². The first-order valence-electron chi connectivity index (χ1n) is 7.64. The molecular weight excluding hydrogens is 270 g/mol. The standard InChI is InChI=1S/C15H23N3O3/c1-11-9-16-18(10-11)5-2-14(20)17-12-8-13(19)15(12)3-6-21-7-4-15/h9-10,12-13,19H,2-8H2,1H3,(H,17,20)/t12-,13-/m1/s1. The summed E-state index contributed by atoms with van der Waals surface area (Å²) in [7, 11) is 0. The lowest BCUT2D eigenvalue weighted by atomic mass is 9.58. The predicted molar refractivity (Wildman–Crippen MR) is 76.6 cm³/mol. The molecule has 3 rings (SSSR count). The van der Waals surface area contributed by atoms with E-state index in [9.17, 15) is 9.90 Å². The summed E-state index contributed by atoms with van der Waals surface area (Å²) in [5.41, 5.74) is 0.939. The van der Waals surface area contributed by atoms with Crippen LogP contribution in [0.5, 0.6) is 0 Å². The molecule has 0 aromatic carbocycles. The van der Waals surface area contributed by atoms with Crippen LogP contribution in [0.3, 0.4) is 0 Å². The van der Waals surface area contributed by atoms with E-state index in [4.69, 9.17) is 4.74 Å². The first-order valence-corrected chi connectivity index (χ1v) is 7.64. The van der Waals surface area contributed by atoms with Crippen LogP contribution in [0.4, 0.5) is 0 Å². The van der Waals surface area contributed by atoms with Crippen LogP contribution in [-0.4, -0.2) is 46.2 Å². The molecule has 2 N–H and O–H groups in total. The van der Waals surface area contributed by atoms with Gasteiger partial charge in [0.2, 0.25) is 5.91 Å². The zero-order valence-corrected chi connectivity index (χ0v) is 12.4. The van der Waals surface area contributed by atoms with Gasteiger partial charge in [-0.3, -0.25) is 9.48 Å². The van der Waals surface area contributed by atoms with Crippen molar-refractivity contribution >= 4 is 5.91 Å². The lowest BCUT2D eigenvalue weighted by molar-refractivity contribution is -0.156. The number of aliphatic hydroxyl groups excluding tert-OH is 1. The normalized spacial score (nSPS) is 27.3. The Morgan fingerprint density at radius 2 is 2.33 bits per heavy atom. The van der Waals surface area contributed by atoms with E-state index >= 15 is 0 Å². The second-order valence-electron chi connectivity index (χ2n) is 6.25. The molecule has 0 unspecified atom stereocenters. The molecule has 1 amide bonds. The number of nitrogens with zero attached hydrogens (tertiary/aromatic N) is 2. The Balaban J connectivity index is 1.50. The van der Waals surface area contributed by atoms with Crippen LogP contribution in [0.15, 0.2) is 12.4 Å². The SMILES string of the molecule is Cc1cnn(CCC(=O)N[C@@H]2C[C@@H](O)C23CCOCC3)c1. The third-order valence-corrected chi connectivity index (χ3v) is 4.91. The highest BCUT2D eigenvalue weighted by atomic mass is 16.5. The van der Waals surface area contributed by atoms with E-state index < -0.39 is 0 Å². The van der Waals surface area contributed by atoms with E-state index in [1.54, 1.807) is 10.9 Å².